The van der Waals surface area contributed by atoms with Gasteiger partial charge in [-0.15, -0.1) is 0 Å². The van der Waals surface area contributed by atoms with Gasteiger partial charge in [0.15, 0.2) is 12.4 Å². The molecule has 0 saturated carbocycles. The molecule has 3 heterocycles. The van der Waals surface area contributed by atoms with Crippen molar-refractivity contribution in [3.63, 3.8) is 0 Å². The van der Waals surface area contributed by atoms with Crippen LogP contribution in [-0.4, -0.2) is 59.0 Å². The molecule has 10 nitrogen and oxygen atoms in total. The largest absolute Gasteiger partial charge is 0.484 e. The first-order valence-corrected chi connectivity index (χ1v) is 14.4. The van der Waals surface area contributed by atoms with Crippen LogP contribution < -0.4 is 26.2 Å². The second-order valence-electron chi connectivity index (χ2n) is 10.6. The van der Waals surface area contributed by atoms with Gasteiger partial charge in [-0.1, -0.05) is 38.1 Å². The zero-order valence-corrected chi connectivity index (χ0v) is 24.0. The highest BCUT2D eigenvalue weighted by molar-refractivity contribution is 5.78. The van der Waals surface area contributed by atoms with Crippen LogP contribution in [0.4, 0.5) is 11.5 Å². The second kappa shape index (κ2) is 13.1. The molecule has 41 heavy (non-hydrogen) atoms. The summed E-state index contributed by atoms with van der Waals surface area (Å²) >= 11 is 0. The second-order valence-corrected chi connectivity index (χ2v) is 10.6. The fourth-order valence-electron chi connectivity index (χ4n) is 5.23. The Morgan fingerprint density at radius 2 is 1.83 bits per heavy atom. The van der Waals surface area contributed by atoms with Crippen LogP contribution in [0.2, 0.25) is 0 Å². The molecule has 0 unspecified atom stereocenters. The molecule has 10 heteroatoms. The van der Waals surface area contributed by atoms with Crippen molar-refractivity contribution < 1.29 is 14.3 Å². The molecule has 0 spiro atoms. The molecule has 216 valence electrons. The van der Waals surface area contributed by atoms with Gasteiger partial charge in [0, 0.05) is 61.8 Å². The maximum Gasteiger partial charge on any atom is 0.258 e. The quantitative estimate of drug-likeness (QED) is 0.298. The molecule has 0 aliphatic carbocycles. The molecule has 2 amide bonds. The average Bonchev–Trinajstić information content (AvgIpc) is 3.54. The molecule has 2 aliphatic rings. The van der Waals surface area contributed by atoms with E-state index in [1.807, 2.05) is 29.2 Å². The van der Waals surface area contributed by atoms with E-state index in [1.165, 1.54) is 5.56 Å². The van der Waals surface area contributed by atoms with Crippen LogP contribution in [0.1, 0.15) is 56.4 Å². The van der Waals surface area contributed by atoms with Crippen LogP contribution in [0.5, 0.6) is 5.75 Å². The first kappa shape index (κ1) is 28.5. The van der Waals surface area contributed by atoms with Gasteiger partial charge in [-0.3, -0.25) is 20.4 Å². The van der Waals surface area contributed by atoms with Crippen LogP contribution in [-0.2, 0) is 22.6 Å². The normalized spacial score (nSPS) is 15.1. The van der Waals surface area contributed by atoms with E-state index in [2.05, 4.69) is 59.6 Å². The van der Waals surface area contributed by atoms with Gasteiger partial charge >= 0.3 is 0 Å². The van der Waals surface area contributed by atoms with E-state index in [4.69, 9.17) is 14.7 Å². The average molecular weight is 558 g/mol. The summed E-state index contributed by atoms with van der Waals surface area (Å²) in [5.74, 6) is 2.16. The number of nitrogens with one attached hydrogen (secondary N) is 4. The summed E-state index contributed by atoms with van der Waals surface area (Å²) in [6.45, 7) is 8.53. The van der Waals surface area contributed by atoms with Crippen molar-refractivity contribution in [2.45, 2.75) is 58.5 Å². The minimum absolute atomic E-state index is 0.0342. The first-order chi connectivity index (χ1) is 19.9. The van der Waals surface area contributed by atoms with Gasteiger partial charge in [0.05, 0.1) is 12.2 Å². The van der Waals surface area contributed by atoms with Crippen molar-refractivity contribution in [1.82, 2.24) is 31.0 Å². The van der Waals surface area contributed by atoms with Crippen molar-refractivity contribution in [2.75, 3.05) is 31.6 Å². The maximum atomic E-state index is 12.3. The third-order valence-corrected chi connectivity index (χ3v) is 7.79. The molecule has 3 aromatic rings. The molecule has 0 radical (unpaired) electrons. The van der Waals surface area contributed by atoms with Crippen molar-refractivity contribution in [2.24, 2.45) is 0 Å². The third kappa shape index (κ3) is 7.01. The summed E-state index contributed by atoms with van der Waals surface area (Å²) in [7, 11) is 0. The molecule has 0 bridgehead atoms. The molecular formula is C31H39N7O3. The molecule has 0 atom stereocenters. The van der Waals surface area contributed by atoms with Gasteiger partial charge in [-0.25, -0.2) is 9.97 Å². The van der Waals surface area contributed by atoms with E-state index in [-0.39, 0.29) is 24.5 Å². The number of anilines is 2. The van der Waals surface area contributed by atoms with Gasteiger partial charge in [-0.2, -0.15) is 0 Å². The fourth-order valence-corrected chi connectivity index (χ4v) is 5.23. The smallest absolute Gasteiger partial charge is 0.258 e. The predicted molar refractivity (Wildman–Crippen MR) is 159 cm³/mol. The predicted octanol–water partition coefficient (Wildman–Crippen LogP) is 3.67. The third-order valence-electron chi connectivity index (χ3n) is 7.79. The fraction of sp³-hybridized carbons (Fsp3) is 0.419. The van der Waals surface area contributed by atoms with E-state index >= 15 is 0 Å². The van der Waals surface area contributed by atoms with Crippen molar-refractivity contribution in [3.05, 3.63) is 65.4 Å². The lowest BCUT2D eigenvalue weighted by atomic mass is 10.00. The number of ether oxygens (including phenoxy) is 1. The Hall–Kier alpha value is -4.02. The molecule has 1 fully saturated rings. The van der Waals surface area contributed by atoms with Gasteiger partial charge in [0.25, 0.3) is 5.91 Å². The number of amides is 2. The minimum Gasteiger partial charge on any atom is -0.484 e. The Bertz CT molecular complexity index is 1370. The number of benzene rings is 2. The summed E-state index contributed by atoms with van der Waals surface area (Å²) in [5.41, 5.74) is 11.2. The lowest BCUT2D eigenvalue weighted by Gasteiger charge is -2.29. The number of hydrogen-bond acceptors (Lipinski definition) is 8. The maximum absolute atomic E-state index is 12.3. The van der Waals surface area contributed by atoms with Gasteiger partial charge in [0.2, 0.25) is 5.91 Å². The molecular weight excluding hydrogens is 518 g/mol. The van der Waals surface area contributed by atoms with Crippen LogP contribution >= 0.6 is 0 Å². The molecule has 4 N–H and O–H groups in total. The first-order valence-electron chi connectivity index (χ1n) is 14.4. The Balaban J connectivity index is 1.39. The van der Waals surface area contributed by atoms with E-state index in [0.29, 0.717) is 42.8 Å². The Labute approximate surface area is 241 Å². The molecule has 5 rings (SSSR count). The van der Waals surface area contributed by atoms with Crippen molar-refractivity contribution in [3.8, 4) is 17.1 Å². The molecule has 2 aliphatic heterocycles. The number of nitrogens with zero attached hydrogens (tertiary/aromatic N) is 3. The Morgan fingerprint density at radius 1 is 1.07 bits per heavy atom. The summed E-state index contributed by atoms with van der Waals surface area (Å²) in [5, 5.41) is 6.50. The number of fused-ring (bicyclic) bond motifs is 1. The Kier molecular flexibility index (Phi) is 9.11. The monoisotopic (exact) mass is 557 g/mol. The van der Waals surface area contributed by atoms with E-state index in [9.17, 15) is 9.59 Å². The summed E-state index contributed by atoms with van der Waals surface area (Å²) < 4.78 is 5.82. The van der Waals surface area contributed by atoms with Crippen LogP contribution in [0, 0.1) is 0 Å². The highest BCUT2D eigenvalue weighted by Gasteiger charge is 2.25. The highest BCUT2D eigenvalue weighted by atomic mass is 16.5. The number of hydrogen-bond donors (Lipinski definition) is 4. The van der Waals surface area contributed by atoms with Crippen LogP contribution in [0.15, 0.2) is 48.5 Å². The Morgan fingerprint density at radius 3 is 2.54 bits per heavy atom. The van der Waals surface area contributed by atoms with Gasteiger partial charge in [0.1, 0.15) is 11.6 Å². The van der Waals surface area contributed by atoms with Gasteiger partial charge in [-0.05, 0) is 42.7 Å². The molecule has 1 aromatic heterocycles. The number of aromatic nitrogens is 2. The molecule has 2 aromatic carbocycles. The SMILES string of the molecule is CCC(CC)NC(=O)COc1cccc(-c2nc3c(c(Nc4ccc(C5CNNC5)cc4)n2)CN(C(C)=O)CC3)c1. The lowest BCUT2D eigenvalue weighted by molar-refractivity contribution is -0.129. The van der Waals surface area contributed by atoms with E-state index in [1.54, 1.807) is 6.92 Å². The minimum atomic E-state index is -0.137. The lowest BCUT2D eigenvalue weighted by Crippen LogP contribution is -2.37. The van der Waals surface area contributed by atoms with Crippen molar-refractivity contribution in [1.29, 1.82) is 0 Å². The van der Waals surface area contributed by atoms with Crippen molar-refractivity contribution >= 4 is 23.3 Å². The topological polar surface area (TPSA) is 121 Å². The zero-order chi connectivity index (χ0) is 28.8. The standard InChI is InChI=1S/C31H39N7O3/c1-4-24(5-2)34-29(40)19-41-26-8-6-7-22(15-26)30-36-28-13-14-38(20(3)39)18-27(28)31(37-30)35-25-11-9-21(10-12-25)23-16-32-33-17-23/h6-12,15,23-24,32-33H,4-5,13-14,16-19H2,1-3H3,(H,34,40)(H,35,36,37). The van der Waals surface area contributed by atoms with Gasteiger partial charge < -0.3 is 20.3 Å². The van der Waals surface area contributed by atoms with E-state index < -0.39 is 0 Å². The van der Waals surface area contributed by atoms with Crippen LogP contribution in [0.25, 0.3) is 11.4 Å². The number of carbonyl (C=O) groups is 2. The van der Waals surface area contributed by atoms with Crippen LogP contribution in [0.3, 0.4) is 0 Å². The zero-order valence-electron chi connectivity index (χ0n) is 24.0. The summed E-state index contributed by atoms with van der Waals surface area (Å²) in [6.07, 6.45) is 2.41. The summed E-state index contributed by atoms with van der Waals surface area (Å²) in [4.78, 5) is 36.2. The molecule has 1 saturated heterocycles. The highest BCUT2D eigenvalue weighted by Crippen LogP contribution is 2.31. The number of hydrazine groups is 1. The number of rotatable bonds is 10. The number of carbonyl (C=O) groups excluding carboxylic acids is 2. The summed E-state index contributed by atoms with van der Waals surface area (Å²) in [6, 6.07) is 16.1. The van der Waals surface area contributed by atoms with E-state index in [0.717, 1.165) is 48.4 Å².